The van der Waals surface area contributed by atoms with Crippen molar-refractivity contribution in [3.05, 3.63) is 0 Å². The van der Waals surface area contributed by atoms with E-state index >= 15 is 0 Å². The first kappa shape index (κ1) is 32.9. The third-order valence-corrected chi connectivity index (χ3v) is 6.53. The highest BCUT2D eigenvalue weighted by atomic mass is 16.5. The molecule has 0 spiro atoms. The van der Waals surface area contributed by atoms with Crippen LogP contribution < -0.4 is 0 Å². The Kier molecular flexibility index (Phi) is 27.3. The maximum Gasteiger partial charge on any atom is 0.305 e. The van der Waals surface area contributed by atoms with E-state index in [1.807, 2.05) is 0 Å². The van der Waals surface area contributed by atoms with E-state index in [2.05, 4.69) is 13.8 Å². The van der Waals surface area contributed by atoms with Crippen LogP contribution in [0.2, 0.25) is 0 Å². The smallest absolute Gasteiger partial charge is 0.305 e. The Morgan fingerprint density at radius 1 is 0.382 bits per heavy atom. The monoisotopic (exact) mass is 482 g/mol. The van der Waals surface area contributed by atoms with Gasteiger partial charge in [-0.25, -0.2) is 0 Å². The van der Waals surface area contributed by atoms with E-state index in [9.17, 15) is 9.59 Å². The number of ether oxygens (including phenoxy) is 2. The first-order valence-electron chi connectivity index (χ1n) is 15.0. The van der Waals surface area contributed by atoms with Crippen LogP contribution in [0.15, 0.2) is 0 Å². The number of esters is 2. The number of carbonyl (C=O) groups is 2. The van der Waals surface area contributed by atoms with Crippen LogP contribution in [0.3, 0.4) is 0 Å². The lowest BCUT2D eigenvalue weighted by atomic mass is 10.1. The first-order chi connectivity index (χ1) is 16.7. The van der Waals surface area contributed by atoms with Gasteiger partial charge in [0.15, 0.2) is 0 Å². The van der Waals surface area contributed by atoms with Crippen LogP contribution in [-0.2, 0) is 19.1 Å². The molecule has 0 radical (unpaired) electrons. The third kappa shape index (κ3) is 27.2. The van der Waals surface area contributed by atoms with E-state index in [0.717, 1.165) is 51.4 Å². The van der Waals surface area contributed by atoms with Crippen LogP contribution in [0.25, 0.3) is 0 Å². The summed E-state index contributed by atoms with van der Waals surface area (Å²) >= 11 is 0. The summed E-state index contributed by atoms with van der Waals surface area (Å²) in [5, 5.41) is 0. The van der Waals surface area contributed by atoms with Gasteiger partial charge in [0, 0.05) is 12.8 Å². The summed E-state index contributed by atoms with van der Waals surface area (Å²) in [6.45, 7) is 5.64. The van der Waals surface area contributed by atoms with E-state index in [0.29, 0.717) is 26.1 Å². The third-order valence-electron chi connectivity index (χ3n) is 6.53. The van der Waals surface area contributed by atoms with Crippen molar-refractivity contribution in [2.75, 3.05) is 13.2 Å². The van der Waals surface area contributed by atoms with E-state index in [4.69, 9.17) is 9.47 Å². The fourth-order valence-corrected chi connectivity index (χ4v) is 4.23. The van der Waals surface area contributed by atoms with Gasteiger partial charge >= 0.3 is 11.9 Å². The van der Waals surface area contributed by atoms with Gasteiger partial charge in [-0.05, 0) is 25.7 Å². The molecule has 0 heterocycles. The molecule has 0 aliphatic carbocycles. The van der Waals surface area contributed by atoms with Crippen LogP contribution >= 0.6 is 0 Å². The topological polar surface area (TPSA) is 52.6 Å². The van der Waals surface area contributed by atoms with Crippen molar-refractivity contribution in [3.63, 3.8) is 0 Å². The molecule has 0 aliphatic heterocycles. The van der Waals surface area contributed by atoms with Crippen LogP contribution in [0.4, 0.5) is 0 Å². The zero-order chi connectivity index (χ0) is 25.0. The summed E-state index contributed by atoms with van der Waals surface area (Å²) < 4.78 is 10.7. The molecule has 0 aromatic rings. The molecule has 0 amide bonds. The Morgan fingerprint density at radius 2 is 0.647 bits per heavy atom. The molecule has 0 saturated carbocycles. The summed E-state index contributed by atoms with van der Waals surface area (Å²) in [5.41, 5.74) is 0. The predicted molar refractivity (Wildman–Crippen MR) is 144 cm³/mol. The molecule has 0 aromatic heterocycles. The number of rotatable bonds is 27. The van der Waals surface area contributed by atoms with Gasteiger partial charge in [-0.15, -0.1) is 0 Å². The van der Waals surface area contributed by atoms with E-state index in [-0.39, 0.29) is 11.9 Å². The van der Waals surface area contributed by atoms with Gasteiger partial charge in [0.05, 0.1) is 13.2 Å². The SMILES string of the molecule is CCCCCCCCCCCOC(=O)CCCCCCC(=O)OCCCCCCCCCCC. The molecule has 0 aromatic carbocycles. The second kappa shape index (κ2) is 28.2. The molecule has 34 heavy (non-hydrogen) atoms. The minimum atomic E-state index is -0.0695. The standard InChI is InChI=1S/C30H58O4/c1-3-5-7-9-11-13-15-19-23-27-33-29(31)25-21-17-18-22-26-30(32)34-28-24-20-16-14-12-10-8-6-4-2/h3-28H2,1-2H3. The van der Waals surface area contributed by atoms with Gasteiger partial charge in [0.25, 0.3) is 0 Å². The number of hydrogen-bond donors (Lipinski definition) is 0. The molecular weight excluding hydrogens is 424 g/mol. The van der Waals surface area contributed by atoms with Crippen molar-refractivity contribution in [3.8, 4) is 0 Å². The Balaban J connectivity index is 3.27. The Hall–Kier alpha value is -1.06. The average Bonchev–Trinajstić information content (AvgIpc) is 2.83. The summed E-state index contributed by atoms with van der Waals surface area (Å²) in [5.74, 6) is -0.139. The maximum atomic E-state index is 11.8. The molecule has 0 saturated heterocycles. The van der Waals surface area contributed by atoms with Crippen molar-refractivity contribution in [2.45, 2.75) is 168 Å². The number of carbonyl (C=O) groups excluding carboxylic acids is 2. The van der Waals surface area contributed by atoms with Gasteiger partial charge in [-0.3, -0.25) is 9.59 Å². The molecule has 0 N–H and O–H groups in total. The number of unbranched alkanes of at least 4 members (excludes halogenated alkanes) is 19. The average molecular weight is 483 g/mol. The van der Waals surface area contributed by atoms with Crippen LogP contribution in [0.1, 0.15) is 168 Å². The Labute approximate surface area is 212 Å². The fourth-order valence-electron chi connectivity index (χ4n) is 4.23. The van der Waals surface area contributed by atoms with Crippen molar-refractivity contribution in [1.29, 1.82) is 0 Å². The molecule has 0 bridgehead atoms. The maximum absolute atomic E-state index is 11.8. The molecule has 0 atom stereocenters. The largest absolute Gasteiger partial charge is 0.466 e. The van der Waals surface area contributed by atoms with Crippen LogP contribution in [-0.4, -0.2) is 25.2 Å². The number of hydrogen-bond acceptors (Lipinski definition) is 4. The lowest BCUT2D eigenvalue weighted by molar-refractivity contribution is -0.145. The highest BCUT2D eigenvalue weighted by molar-refractivity contribution is 5.69. The molecule has 4 heteroatoms. The molecule has 0 rings (SSSR count). The van der Waals surface area contributed by atoms with Gasteiger partial charge in [0.1, 0.15) is 0 Å². The summed E-state index contributed by atoms with van der Waals surface area (Å²) in [7, 11) is 0. The first-order valence-corrected chi connectivity index (χ1v) is 15.0. The van der Waals surface area contributed by atoms with Gasteiger partial charge in [0.2, 0.25) is 0 Å². The van der Waals surface area contributed by atoms with Crippen molar-refractivity contribution >= 4 is 11.9 Å². The summed E-state index contributed by atoms with van der Waals surface area (Å²) in [4.78, 5) is 23.6. The van der Waals surface area contributed by atoms with Gasteiger partial charge in [-0.2, -0.15) is 0 Å². The fraction of sp³-hybridized carbons (Fsp3) is 0.933. The molecule has 202 valence electrons. The van der Waals surface area contributed by atoms with E-state index in [1.165, 1.54) is 89.9 Å². The second-order valence-corrected chi connectivity index (χ2v) is 10.0. The van der Waals surface area contributed by atoms with Crippen molar-refractivity contribution in [2.24, 2.45) is 0 Å². The minimum Gasteiger partial charge on any atom is -0.466 e. The minimum absolute atomic E-state index is 0.0695. The van der Waals surface area contributed by atoms with Crippen molar-refractivity contribution < 1.29 is 19.1 Å². The van der Waals surface area contributed by atoms with E-state index < -0.39 is 0 Å². The molecule has 0 unspecified atom stereocenters. The Morgan fingerprint density at radius 3 is 0.971 bits per heavy atom. The van der Waals surface area contributed by atoms with E-state index in [1.54, 1.807) is 0 Å². The van der Waals surface area contributed by atoms with Gasteiger partial charge in [-0.1, -0.05) is 129 Å². The molecular formula is C30H58O4. The second-order valence-electron chi connectivity index (χ2n) is 10.0. The quantitative estimate of drug-likeness (QED) is 0.0864. The van der Waals surface area contributed by atoms with Crippen LogP contribution in [0.5, 0.6) is 0 Å². The highest BCUT2D eigenvalue weighted by Crippen LogP contribution is 2.12. The zero-order valence-corrected chi connectivity index (χ0v) is 23.0. The predicted octanol–water partition coefficient (Wildman–Crippen LogP) is 9.48. The lowest BCUT2D eigenvalue weighted by Crippen LogP contribution is -2.06. The lowest BCUT2D eigenvalue weighted by Gasteiger charge is -2.06. The molecule has 4 nitrogen and oxygen atoms in total. The normalized spacial score (nSPS) is 11.0. The molecule has 0 aliphatic rings. The molecule has 0 fully saturated rings. The van der Waals surface area contributed by atoms with Crippen molar-refractivity contribution in [1.82, 2.24) is 0 Å². The van der Waals surface area contributed by atoms with Gasteiger partial charge < -0.3 is 9.47 Å². The Bertz CT molecular complexity index is 396. The van der Waals surface area contributed by atoms with Crippen LogP contribution in [0, 0.1) is 0 Å². The zero-order valence-electron chi connectivity index (χ0n) is 23.0. The summed E-state index contributed by atoms with van der Waals surface area (Å²) in [6.07, 6.45) is 27.6. The summed E-state index contributed by atoms with van der Waals surface area (Å²) in [6, 6.07) is 0. The highest BCUT2D eigenvalue weighted by Gasteiger charge is 2.05.